The van der Waals surface area contributed by atoms with Gasteiger partial charge in [0.25, 0.3) is 0 Å². The minimum Gasteiger partial charge on any atom is -0.493 e. The van der Waals surface area contributed by atoms with Gasteiger partial charge in [0, 0.05) is 24.9 Å². The summed E-state index contributed by atoms with van der Waals surface area (Å²) in [5, 5.41) is 3.64. The molecule has 4 rings (SSSR count). The van der Waals surface area contributed by atoms with Gasteiger partial charge < -0.3 is 19.7 Å². The Labute approximate surface area is 184 Å². The van der Waals surface area contributed by atoms with Crippen molar-refractivity contribution in [3.63, 3.8) is 0 Å². The Hall–Kier alpha value is -3.13. The van der Waals surface area contributed by atoms with E-state index in [0.29, 0.717) is 34.8 Å². The van der Waals surface area contributed by atoms with Gasteiger partial charge in [0.1, 0.15) is 18.2 Å². The topological polar surface area (TPSA) is 76.6 Å². The Balaban J connectivity index is 1.68. The molecular formula is C22H22ClFN4O3. The summed E-state index contributed by atoms with van der Waals surface area (Å²) in [5.41, 5.74) is 0.813. The molecule has 7 nitrogen and oxygen atoms in total. The summed E-state index contributed by atoms with van der Waals surface area (Å²) in [4.78, 5) is 22.1. The lowest BCUT2D eigenvalue weighted by atomic mass is 10.1. The van der Waals surface area contributed by atoms with E-state index in [-0.39, 0.29) is 22.7 Å². The van der Waals surface area contributed by atoms with Gasteiger partial charge in [0.05, 0.1) is 29.9 Å². The van der Waals surface area contributed by atoms with Crippen molar-refractivity contribution in [2.24, 2.45) is 0 Å². The van der Waals surface area contributed by atoms with Crippen molar-refractivity contribution in [2.45, 2.75) is 25.9 Å². The average Bonchev–Trinajstić information content (AvgIpc) is 2.77. The van der Waals surface area contributed by atoms with Gasteiger partial charge in [0.2, 0.25) is 5.91 Å². The lowest BCUT2D eigenvalue weighted by molar-refractivity contribution is -0.131. The number of nitrogens with zero attached hydrogens (tertiary/aromatic N) is 3. The monoisotopic (exact) mass is 444 g/mol. The van der Waals surface area contributed by atoms with Gasteiger partial charge in [0.15, 0.2) is 17.3 Å². The molecule has 3 aromatic rings. The quantitative estimate of drug-likeness (QED) is 0.621. The fourth-order valence-corrected chi connectivity index (χ4v) is 3.82. The molecule has 1 unspecified atom stereocenters. The van der Waals surface area contributed by atoms with E-state index in [1.165, 1.54) is 12.4 Å². The van der Waals surface area contributed by atoms with Crippen LogP contribution in [-0.2, 0) is 4.79 Å². The van der Waals surface area contributed by atoms with Crippen molar-refractivity contribution in [2.75, 3.05) is 25.5 Å². The van der Waals surface area contributed by atoms with E-state index in [1.54, 1.807) is 43.2 Å². The third kappa shape index (κ3) is 4.49. The summed E-state index contributed by atoms with van der Waals surface area (Å²) in [6, 6.07) is 8.22. The Bertz CT molecular complexity index is 1130. The number of carbonyl (C=O) groups excluding carboxylic acids is 1. The second-order valence-electron chi connectivity index (χ2n) is 7.32. The fraction of sp³-hybridized carbons (Fsp3) is 0.318. The number of piperidine rings is 1. The first-order valence-corrected chi connectivity index (χ1v) is 10.3. The first kappa shape index (κ1) is 21.1. The molecule has 1 atom stereocenters. The number of hydrogen-bond donors (Lipinski definition) is 1. The van der Waals surface area contributed by atoms with Crippen molar-refractivity contribution in [1.29, 1.82) is 0 Å². The lowest BCUT2D eigenvalue weighted by Crippen LogP contribution is -2.43. The highest BCUT2D eigenvalue weighted by molar-refractivity contribution is 6.31. The van der Waals surface area contributed by atoms with E-state index >= 15 is 0 Å². The summed E-state index contributed by atoms with van der Waals surface area (Å²) in [6.45, 7) is 2.81. The van der Waals surface area contributed by atoms with Crippen LogP contribution in [0.5, 0.6) is 11.5 Å². The summed E-state index contributed by atoms with van der Waals surface area (Å²) in [7, 11) is 1.55. The van der Waals surface area contributed by atoms with Crippen molar-refractivity contribution in [3.05, 3.63) is 47.5 Å². The van der Waals surface area contributed by atoms with Crippen LogP contribution in [-0.4, -0.2) is 47.1 Å². The van der Waals surface area contributed by atoms with Crippen LogP contribution in [0.4, 0.5) is 15.9 Å². The van der Waals surface area contributed by atoms with Crippen molar-refractivity contribution >= 4 is 39.9 Å². The Morgan fingerprint density at radius 3 is 2.90 bits per heavy atom. The standard InChI is InChI=1S/C22H22ClFN4O3/c1-13(29)28-8-4-5-14(11-28)31-20-9-15-18(10-19(20)30-2)25-12-26-22(15)27-17-7-3-6-16(23)21(17)24/h3,6-7,9-10,12,14H,4-5,8,11H2,1-2H3,(H,25,26,27). The van der Waals surface area contributed by atoms with Crippen molar-refractivity contribution in [3.8, 4) is 11.5 Å². The minimum absolute atomic E-state index is 0.0152. The number of ether oxygens (including phenoxy) is 2. The maximum atomic E-state index is 14.4. The molecule has 31 heavy (non-hydrogen) atoms. The molecule has 0 spiro atoms. The number of likely N-dealkylation sites (tertiary alicyclic amines) is 1. The molecular weight excluding hydrogens is 423 g/mol. The van der Waals surface area contributed by atoms with E-state index in [1.807, 2.05) is 0 Å². The maximum absolute atomic E-state index is 14.4. The molecule has 162 valence electrons. The molecule has 1 aliphatic heterocycles. The number of carbonyl (C=O) groups is 1. The second-order valence-corrected chi connectivity index (χ2v) is 7.72. The van der Waals surface area contributed by atoms with Crippen molar-refractivity contribution < 1.29 is 18.7 Å². The predicted octanol–water partition coefficient (Wildman–Crippen LogP) is 4.56. The highest BCUT2D eigenvalue weighted by Gasteiger charge is 2.24. The second kappa shape index (κ2) is 8.93. The number of halogens is 2. The smallest absolute Gasteiger partial charge is 0.219 e. The summed E-state index contributed by atoms with van der Waals surface area (Å²) in [6.07, 6.45) is 2.92. The Kier molecular flexibility index (Phi) is 6.08. The summed E-state index contributed by atoms with van der Waals surface area (Å²) < 4.78 is 26.1. The van der Waals surface area contributed by atoms with Gasteiger partial charge in [-0.1, -0.05) is 17.7 Å². The molecule has 0 aliphatic carbocycles. The molecule has 1 aromatic heterocycles. The largest absolute Gasteiger partial charge is 0.493 e. The molecule has 1 N–H and O–H groups in total. The SMILES string of the molecule is COc1cc2ncnc(Nc3cccc(Cl)c3F)c2cc1OC1CCCN(C(C)=O)C1. The molecule has 1 fully saturated rings. The molecule has 0 saturated carbocycles. The first-order chi connectivity index (χ1) is 15.0. The van der Waals surface area contributed by atoms with Gasteiger partial charge in [-0.25, -0.2) is 14.4 Å². The molecule has 1 aliphatic rings. The van der Waals surface area contributed by atoms with Gasteiger partial charge >= 0.3 is 0 Å². The number of fused-ring (bicyclic) bond motifs is 1. The van der Waals surface area contributed by atoms with Gasteiger partial charge in [-0.05, 0) is 31.0 Å². The minimum atomic E-state index is -0.563. The molecule has 1 amide bonds. The summed E-state index contributed by atoms with van der Waals surface area (Å²) >= 11 is 5.89. The molecule has 0 radical (unpaired) electrons. The van der Waals surface area contributed by atoms with Crippen LogP contribution in [0.15, 0.2) is 36.7 Å². The zero-order valence-electron chi connectivity index (χ0n) is 17.2. The van der Waals surface area contributed by atoms with Crippen LogP contribution in [0.2, 0.25) is 5.02 Å². The molecule has 1 saturated heterocycles. The van der Waals surface area contributed by atoms with E-state index in [2.05, 4.69) is 15.3 Å². The third-order valence-corrected chi connectivity index (χ3v) is 5.53. The van der Waals surface area contributed by atoms with Crippen LogP contribution >= 0.6 is 11.6 Å². The highest BCUT2D eigenvalue weighted by atomic mass is 35.5. The number of methoxy groups -OCH3 is 1. The molecule has 0 bridgehead atoms. The lowest BCUT2D eigenvalue weighted by Gasteiger charge is -2.32. The number of rotatable bonds is 5. The Morgan fingerprint density at radius 2 is 2.13 bits per heavy atom. The maximum Gasteiger partial charge on any atom is 0.219 e. The van der Waals surface area contributed by atoms with Crippen LogP contribution in [0, 0.1) is 5.82 Å². The molecule has 2 heterocycles. The normalized spacial score (nSPS) is 16.3. The highest BCUT2D eigenvalue weighted by Crippen LogP contribution is 2.36. The van der Waals surface area contributed by atoms with Gasteiger partial charge in [-0.3, -0.25) is 4.79 Å². The number of hydrogen-bond acceptors (Lipinski definition) is 6. The van der Waals surface area contributed by atoms with E-state index < -0.39 is 5.82 Å². The van der Waals surface area contributed by atoms with Crippen molar-refractivity contribution in [1.82, 2.24) is 14.9 Å². The van der Waals surface area contributed by atoms with E-state index in [4.69, 9.17) is 21.1 Å². The van der Waals surface area contributed by atoms with Crippen LogP contribution in [0.3, 0.4) is 0 Å². The summed E-state index contributed by atoms with van der Waals surface area (Å²) in [5.74, 6) is 0.906. The van der Waals surface area contributed by atoms with Gasteiger partial charge in [-0.15, -0.1) is 0 Å². The number of nitrogens with one attached hydrogen (secondary N) is 1. The number of anilines is 2. The predicted molar refractivity (Wildman–Crippen MR) is 117 cm³/mol. The van der Waals surface area contributed by atoms with E-state index in [0.717, 1.165) is 19.4 Å². The zero-order valence-corrected chi connectivity index (χ0v) is 17.9. The molecule has 9 heteroatoms. The van der Waals surface area contributed by atoms with Gasteiger partial charge in [-0.2, -0.15) is 0 Å². The van der Waals surface area contributed by atoms with Crippen LogP contribution < -0.4 is 14.8 Å². The first-order valence-electron chi connectivity index (χ1n) is 9.92. The number of benzene rings is 2. The van der Waals surface area contributed by atoms with E-state index in [9.17, 15) is 9.18 Å². The van der Waals surface area contributed by atoms with Crippen LogP contribution in [0.1, 0.15) is 19.8 Å². The number of amides is 1. The Morgan fingerprint density at radius 1 is 1.29 bits per heavy atom. The van der Waals surface area contributed by atoms with Crippen LogP contribution in [0.25, 0.3) is 10.9 Å². The third-order valence-electron chi connectivity index (χ3n) is 5.24. The average molecular weight is 445 g/mol. The number of aromatic nitrogens is 2. The zero-order chi connectivity index (χ0) is 22.0. The molecule has 2 aromatic carbocycles. The fourth-order valence-electron chi connectivity index (χ4n) is 3.64.